The Morgan fingerprint density at radius 2 is 1.63 bits per heavy atom. The number of unbranched alkanes of at least 4 members (excludes halogenated alkanes) is 4. The number of rotatable bonds is 8. The Balaban J connectivity index is 2.51. The van der Waals surface area contributed by atoms with Crippen LogP contribution < -0.4 is 0 Å². The van der Waals surface area contributed by atoms with Gasteiger partial charge in [0.25, 0.3) is 0 Å². The van der Waals surface area contributed by atoms with E-state index in [-0.39, 0.29) is 6.17 Å². The van der Waals surface area contributed by atoms with Crippen LogP contribution in [0.4, 0.5) is 0 Å². The van der Waals surface area contributed by atoms with Crippen LogP contribution in [0.5, 0.6) is 0 Å². The Morgan fingerprint density at radius 1 is 1.00 bits per heavy atom. The fourth-order valence-corrected chi connectivity index (χ4v) is 2.79. The summed E-state index contributed by atoms with van der Waals surface area (Å²) in [5, 5.41) is 0. The van der Waals surface area contributed by atoms with Crippen molar-refractivity contribution in [3.8, 4) is 0 Å². The molecule has 0 saturated heterocycles. The van der Waals surface area contributed by atoms with Gasteiger partial charge < -0.3 is 4.90 Å². The zero-order valence-electron chi connectivity index (χ0n) is 13.7. The highest BCUT2D eigenvalue weighted by molar-refractivity contribution is 5.84. The van der Waals surface area contributed by atoms with Gasteiger partial charge in [0, 0.05) is 13.5 Å². The van der Waals surface area contributed by atoms with Crippen LogP contribution in [0.2, 0.25) is 0 Å². The first kappa shape index (κ1) is 16.4. The van der Waals surface area contributed by atoms with Crippen molar-refractivity contribution in [1.29, 1.82) is 0 Å². The molecule has 4 nitrogen and oxygen atoms in total. The van der Waals surface area contributed by atoms with Gasteiger partial charge in [-0.2, -0.15) is 0 Å². The molecule has 19 heavy (non-hydrogen) atoms. The minimum Gasteiger partial charge on any atom is -0.344 e. The number of aliphatic imine (C=N–C) groups is 1. The third kappa shape index (κ3) is 4.46. The molecule has 1 aliphatic heterocycles. The van der Waals surface area contributed by atoms with Gasteiger partial charge in [0.15, 0.2) is 0 Å². The molecule has 0 aromatic carbocycles. The van der Waals surface area contributed by atoms with Gasteiger partial charge in [0.05, 0.1) is 0 Å². The second-order valence-electron chi connectivity index (χ2n) is 6.07. The highest BCUT2D eigenvalue weighted by Crippen LogP contribution is 2.22. The summed E-state index contributed by atoms with van der Waals surface area (Å²) in [5.41, 5.74) is 0. The van der Waals surface area contributed by atoms with E-state index in [4.69, 9.17) is 4.99 Å². The van der Waals surface area contributed by atoms with Crippen molar-refractivity contribution in [2.24, 2.45) is 4.99 Å². The lowest BCUT2D eigenvalue weighted by atomic mass is 10.1. The van der Waals surface area contributed by atoms with Gasteiger partial charge in [-0.1, -0.05) is 32.6 Å². The van der Waals surface area contributed by atoms with E-state index in [0.717, 1.165) is 6.42 Å². The van der Waals surface area contributed by atoms with Crippen molar-refractivity contribution in [3.63, 3.8) is 0 Å². The summed E-state index contributed by atoms with van der Waals surface area (Å²) in [6, 6.07) is 0. The van der Waals surface area contributed by atoms with E-state index in [9.17, 15) is 0 Å². The topological polar surface area (TPSA) is 22.1 Å². The van der Waals surface area contributed by atoms with E-state index >= 15 is 0 Å². The quantitative estimate of drug-likeness (QED) is 0.631. The number of hydrogen-bond donors (Lipinski definition) is 0. The van der Waals surface area contributed by atoms with Crippen LogP contribution in [-0.2, 0) is 0 Å². The van der Waals surface area contributed by atoms with Gasteiger partial charge in [0.2, 0.25) is 0 Å². The lowest BCUT2D eigenvalue weighted by Gasteiger charge is -2.34. The first-order valence-corrected chi connectivity index (χ1v) is 7.61. The van der Waals surface area contributed by atoms with Gasteiger partial charge in [-0.15, -0.1) is 0 Å². The fraction of sp³-hybridized carbons (Fsp3) is 0.933. The normalized spacial score (nSPS) is 23.6. The predicted octanol–water partition coefficient (Wildman–Crippen LogP) is 2.47. The molecular formula is C15H32N4. The summed E-state index contributed by atoms with van der Waals surface area (Å²) < 4.78 is 0. The zero-order chi connectivity index (χ0) is 14.4. The summed E-state index contributed by atoms with van der Waals surface area (Å²) >= 11 is 0. The Morgan fingerprint density at radius 3 is 2.11 bits per heavy atom. The van der Waals surface area contributed by atoms with Crippen molar-refractivity contribution in [3.05, 3.63) is 0 Å². The lowest BCUT2D eigenvalue weighted by Crippen LogP contribution is -2.51. The van der Waals surface area contributed by atoms with Gasteiger partial charge in [-0.25, -0.2) is 4.99 Å². The minimum absolute atomic E-state index is 0.255. The summed E-state index contributed by atoms with van der Waals surface area (Å²) in [4.78, 5) is 11.7. The number of hydrogen-bond acceptors (Lipinski definition) is 4. The third-order valence-corrected chi connectivity index (χ3v) is 3.91. The summed E-state index contributed by atoms with van der Waals surface area (Å²) in [6.07, 6.45) is 8.38. The number of nitrogens with zero attached hydrogens (tertiary/aromatic N) is 4. The van der Waals surface area contributed by atoms with Crippen LogP contribution in [0.3, 0.4) is 0 Å². The van der Waals surface area contributed by atoms with Crippen LogP contribution in [-0.4, -0.2) is 68.1 Å². The van der Waals surface area contributed by atoms with E-state index in [2.05, 4.69) is 56.9 Å². The number of amidine groups is 1. The van der Waals surface area contributed by atoms with E-state index in [0.29, 0.717) is 6.17 Å². The molecule has 0 amide bonds. The van der Waals surface area contributed by atoms with Crippen LogP contribution in [0.25, 0.3) is 0 Å². The molecule has 0 N–H and O–H groups in total. The Kier molecular flexibility index (Phi) is 6.80. The van der Waals surface area contributed by atoms with Gasteiger partial charge in [-0.3, -0.25) is 9.80 Å². The molecule has 0 unspecified atom stereocenters. The maximum atomic E-state index is 4.92. The van der Waals surface area contributed by atoms with Crippen molar-refractivity contribution in [1.82, 2.24) is 14.7 Å². The van der Waals surface area contributed by atoms with Gasteiger partial charge >= 0.3 is 0 Å². The van der Waals surface area contributed by atoms with Gasteiger partial charge in [-0.05, 0) is 34.6 Å². The smallest absolute Gasteiger partial charge is 0.138 e. The Hall–Kier alpha value is -0.610. The SMILES string of the molecule is CCCCCCCC1=N[C@@H](N(C)C)[C@H](N(C)C)N1C. The summed E-state index contributed by atoms with van der Waals surface area (Å²) in [6.45, 7) is 2.26. The molecule has 112 valence electrons. The van der Waals surface area contributed by atoms with E-state index in [1.165, 1.54) is 37.9 Å². The fourth-order valence-electron chi connectivity index (χ4n) is 2.79. The average Bonchev–Trinajstić information content (AvgIpc) is 2.67. The first-order valence-electron chi connectivity index (χ1n) is 7.61. The molecule has 0 aromatic heterocycles. The molecular weight excluding hydrogens is 236 g/mol. The van der Waals surface area contributed by atoms with Gasteiger partial charge in [0.1, 0.15) is 18.2 Å². The van der Waals surface area contributed by atoms with Crippen LogP contribution in [0.1, 0.15) is 45.4 Å². The largest absolute Gasteiger partial charge is 0.344 e. The average molecular weight is 268 g/mol. The third-order valence-electron chi connectivity index (χ3n) is 3.91. The molecule has 0 aromatic rings. The van der Waals surface area contributed by atoms with Crippen molar-refractivity contribution < 1.29 is 0 Å². The van der Waals surface area contributed by atoms with E-state index in [1.54, 1.807) is 0 Å². The second-order valence-corrected chi connectivity index (χ2v) is 6.07. The molecule has 1 heterocycles. The second kappa shape index (κ2) is 7.85. The molecule has 0 fully saturated rings. The first-order chi connectivity index (χ1) is 8.99. The van der Waals surface area contributed by atoms with Crippen molar-refractivity contribution in [2.45, 2.75) is 57.8 Å². The van der Waals surface area contributed by atoms with Crippen LogP contribution >= 0.6 is 0 Å². The van der Waals surface area contributed by atoms with Crippen LogP contribution in [0, 0.1) is 0 Å². The predicted molar refractivity (Wildman–Crippen MR) is 83.5 cm³/mol. The molecule has 0 bridgehead atoms. The maximum Gasteiger partial charge on any atom is 0.138 e. The van der Waals surface area contributed by atoms with E-state index < -0.39 is 0 Å². The number of likely N-dealkylation sites (N-methyl/N-ethyl adjacent to an activating group) is 3. The zero-order valence-corrected chi connectivity index (χ0v) is 13.7. The molecule has 4 heteroatoms. The van der Waals surface area contributed by atoms with Crippen molar-refractivity contribution >= 4 is 5.84 Å². The lowest BCUT2D eigenvalue weighted by molar-refractivity contribution is 0.0949. The van der Waals surface area contributed by atoms with E-state index in [1.807, 2.05) is 0 Å². The minimum atomic E-state index is 0.255. The molecule has 2 atom stereocenters. The molecule has 0 spiro atoms. The molecule has 1 aliphatic rings. The molecule has 0 radical (unpaired) electrons. The highest BCUT2D eigenvalue weighted by atomic mass is 15.5. The molecule has 0 aliphatic carbocycles. The van der Waals surface area contributed by atoms with Crippen LogP contribution in [0.15, 0.2) is 4.99 Å². The van der Waals surface area contributed by atoms with Crippen molar-refractivity contribution in [2.75, 3.05) is 35.2 Å². The molecule has 0 saturated carbocycles. The summed E-state index contributed by atoms with van der Waals surface area (Å²) in [5.74, 6) is 1.27. The standard InChI is InChI=1S/C15H32N4/c1-7-8-9-10-11-12-13-16-14(17(2)3)15(18(4)5)19(13)6/h14-15H,7-12H2,1-6H3/t14-,15+/m0/s1. The summed E-state index contributed by atoms with van der Waals surface area (Å²) in [7, 11) is 10.7. The maximum absolute atomic E-state index is 4.92. The monoisotopic (exact) mass is 268 g/mol. The Bertz CT molecular complexity index is 286. The molecule has 1 rings (SSSR count). The highest BCUT2D eigenvalue weighted by Gasteiger charge is 2.35. The Labute approximate surface area is 119 Å².